The quantitative estimate of drug-likeness (QED) is 0.565. The molecule has 0 aromatic heterocycles. The van der Waals surface area contributed by atoms with Gasteiger partial charge < -0.3 is 20.6 Å². The first-order valence-corrected chi connectivity index (χ1v) is 6.40. The van der Waals surface area contributed by atoms with Crippen LogP contribution < -0.4 is 5.32 Å². The van der Waals surface area contributed by atoms with Crippen molar-refractivity contribution in [1.82, 2.24) is 5.32 Å². The highest BCUT2D eigenvalue weighted by atomic mass is 16.3. The number of nitrogens with one attached hydrogen (secondary N) is 1. The molecule has 0 heterocycles. The van der Waals surface area contributed by atoms with E-state index < -0.39 is 5.54 Å². The van der Waals surface area contributed by atoms with Crippen molar-refractivity contribution in [3.8, 4) is 0 Å². The Morgan fingerprint density at radius 2 is 1.67 bits per heavy atom. The third kappa shape index (κ3) is 2.90. The van der Waals surface area contributed by atoms with Crippen LogP contribution in [0.25, 0.3) is 0 Å². The van der Waals surface area contributed by atoms with E-state index in [2.05, 4.69) is 17.4 Å². The first-order valence-electron chi connectivity index (χ1n) is 6.40. The van der Waals surface area contributed by atoms with Gasteiger partial charge in [0, 0.05) is 6.54 Å². The van der Waals surface area contributed by atoms with Crippen molar-refractivity contribution in [3.63, 3.8) is 0 Å². The summed E-state index contributed by atoms with van der Waals surface area (Å²) in [6.07, 6.45) is 2.48. The van der Waals surface area contributed by atoms with E-state index in [1.807, 2.05) is 12.1 Å². The Kier molecular flexibility index (Phi) is 4.35. The van der Waals surface area contributed by atoms with Gasteiger partial charge in [0.25, 0.3) is 0 Å². The second-order valence-electron chi connectivity index (χ2n) is 5.08. The first-order chi connectivity index (χ1) is 8.74. The molecular formula is C14H21NO3. The van der Waals surface area contributed by atoms with Crippen LogP contribution in [0.15, 0.2) is 24.3 Å². The highest BCUT2D eigenvalue weighted by Crippen LogP contribution is 2.41. The smallest absolute Gasteiger partial charge is 0.0884 e. The summed E-state index contributed by atoms with van der Waals surface area (Å²) in [6, 6.07) is 8.21. The van der Waals surface area contributed by atoms with Crippen molar-refractivity contribution in [1.29, 1.82) is 0 Å². The summed E-state index contributed by atoms with van der Waals surface area (Å²) in [5.74, 6) is 0.662. The summed E-state index contributed by atoms with van der Waals surface area (Å²) in [4.78, 5) is 0. The maximum Gasteiger partial charge on any atom is 0.0884 e. The lowest BCUT2D eigenvalue weighted by molar-refractivity contribution is 0.0413. The van der Waals surface area contributed by atoms with Crippen molar-refractivity contribution in [2.24, 2.45) is 0 Å². The second kappa shape index (κ2) is 5.80. The summed E-state index contributed by atoms with van der Waals surface area (Å²) in [5.41, 5.74) is 1.52. The molecule has 0 spiro atoms. The van der Waals surface area contributed by atoms with Gasteiger partial charge in [0.15, 0.2) is 0 Å². The molecule has 0 radical (unpaired) electrons. The Balaban J connectivity index is 2.05. The number of aliphatic hydroxyl groups is 3. The van der Waals surface area contributed by atoms with E-state index in [4.69, 9.17) is 0 Å². The van der Waals surface area contributed by atoms with Crippen LogP contribution in [-0.2, 0) is 6.54 Å². The third-order valence-corrected chi connectivity index (χ3v) is 3.63. The Morgan fingerprint density at radius 3 is 2.22 bits per heavy atom. The number of aliphatic hydroxyl groups excluding tert-OH is 3. The van der Waals surface area contributed by atoms with Crippen molar-refractivity contribution >= 4 is 0 Å². The minimum Gasteiger partial charge on any atom is -0.394 e. The molecule has 4 N–H and O–H groups in total. The summed E-state index contributed by atoms with van der Waals surface area (Å²) < 4.78 is 0. The molecule has 4 heteroatoms. The van der Waals surface area contributed by atoms with Crippen molar-refractivity contribution < 1.29 is 15.3 Å². The number of hydrogen-bond donors (Lipinski definition) is 4. The van der Waals surface area contributed by atoms with E-state index in [1.54, 1.807) is 0 Å². The van der Waals surface area contributed by atoms with E-state index in [1.165, 1.54) is 24.0 Å². The zero-order valence-corrected chi connectivity index (χ0v) is 10.5. The zero-order valence-electron chi connectivity index (χ0n) is 10.5. The molecule has 0 aliphatic heterocycles. The van der Waals surface area contributed by atoms with Crippen LogP contribution in [-0.4, -0.2) is 40.7 Å². The van der Waals surface area contributed by atoms with Gasteiger partial charge >= 0.3 is 0 Å². The molecule has 1 saturated carbocycles. The van der Waals surface area contributed by atoms with E-state index >= 15 is 0 Å². The predicted molar refractivity (Wildman–Crippen MR) is 69.2 cm³/mol. The summed E-state index contributed by atoms with van der Waals surface area (Å²) in [6.45, 7) is -0.308. The molecule has 2 rings (SSSR count). The third-order valence-electron chi connectivity index (χ3n) is 3.63. The maximum absolute atomic E-state index is 9.26. The van der Waals surface area contributed by atoms with Crippen LogP contribution in [0.2, 0.25) is 0 Å². The van der Waals surface area contributed by atoms with Crippen molar-refractivity contribution in [2.75, 3.05) is 19.8 Å². The molecule has 0 unspecified atom stereocenters. The van der Waals surface area contributed by atoms with Gasteiger partial charge in [-0.05, 0) is 29.9 Å². The first kappa shape index (κ1) is 13.5. The van der Waals surface area contributed by atoms with E-state index in [9.17, 15) is 15.3 Å². The standard InChI is InChI=1S/C14H21NO3/c16-8-14(9-17,10-18)15-7-12-3-1-2-4-13(12)11-5-6-11/h1-4,11,15-18H,5-10H2. The van der Waals surface area contributed by atoms with Crippen LogP contribution in [0, 0.1) is 0 Å². The second-order valence-corrected chi connectivity index (χ2v) is 5.08. The average molecular weight is 251 g/mol. The fourth-order valence-electron chi connectivity index (χ4n) is 2.09. The molecule has 0 saturated heterocycles. The molecular weight excluding hydrogens is 230 g/mol. The SMILES string of the molecule is OCC(CO)(CO)NCc1ccccc1C1CC1. The topological polar surface area (TPSA) is 72.7 Å². The van der Waals surface area contributed by atoms with Gasteiger partial charge in [-0.15, -0.1) is 0 Å². The molecule has 1 aliphatic carbocycles. The number of hydrogen-bond acceptors (Lipinski definition) is 4. The Labute approximate surface area is 107 Å². The molecule has 0 bridgehead atoms. The lowest BCUT2D eigenvalue weighted by Gasteiger charge is -2.29. The van der Waals surface area contributed by atoms with E-state index in [-0.39, 0.29) is 19.8 Å². The van der Waals surface area contributed by atoms with Gasteiger partial charge in [-0.3, -0.25) is 0 Å². The molecule has 100 valence electrons. The van der Waals surface area contributed by atoms with Crippen molar-refractivity contribution in [2.45, 2.75) is 30.8 Å². The summed E-state index contributed by atoms with van der Waals surface area (Å²) in [7, 11) is 0. The molecule has 4 nitrogen and oxygen atoms in total. The zero-order chi connectivity index (χ0) is 13.0. The lowest BCUT2D eigenvalue weighted by atomic mass is 10.00. The van der Waals surface area contributed by atoms with Gasteiger partial charge in [-0.1, -0.05) is 24.3 Å². The molecule has 1 aliphatic rings. The molecule has 1 aromatic rings. The average Bonchev–Trinajstić information content (AvgIpc) is 3.26. The predicted octanol–water partition coefficient (Wildman–Crippen LogP) is 0.369. The minimum absolute atomic E-state index is 0.286. The van der Waals surface area contributed by atoms with E-state index in [0.29, 0.717) is 12.5 Å². The monoisotopic (exact) mass is 251 g/mol. The highest BCUT2D eigenvalue weighted by Gasteiger charge is 2.29. The van der Waals surface area contributed by atoms with Gasteiger partial charge in [0.05, 0.1) is 25.4 Å². The molecule has 0 amide bonds. The lowest BCUT2D eigenvalue weighted by Crippen LogP contribution is -2.54. The van der Waals surface area contributed by atoms with E-state index in [0.717, 1.165) is 0 Å². The van der Waals surface area contributed by atoms with Gasteiger partial charge in [-0.25, -0.2) is 0 Å². The van der Waals surface area contributed by atoms with Crippen LogP contribution in [0.1, 0.15) is 29.9 Å². The van der Waals surface area contributed by atoms with Crippen molar-refractivity contribution in [3.05, 3.63) is 35.4 Å². The van der Waals surface area contributed by atoms with Crippen LogP contribution in [0.3, 0.4) is 0 Å². The maximum atomic E-state index is 9.26. The van der Waals surface area contributed by atoms with Crippen LogP contribution in [0.5, 0.6) is 0 Å². The highest BCUT2D eigenvalue weighted by molar-refractivity contribution is 5.33. The minimum atomic E-state index is -1.00. The van der Waals surface area contributed by atoms with Gasteiger partial charge in [0.2, 0.25) is 0 Å². The Bertz CT molecular complexity index is 378. The number of rotatable bonds is 7. The summed E-state index contributed by atoms with van der Waals surface area (Å²) in [5, 5.41) is 30.9. The molecule has 0 atom stereocenters. The fraction of sp³-hybridized carbons (Fsp3) is 0.571. The number of benzene rings is 1. The molecule has 1 fully saturated rings. The van der Waals surface area contributed by atoms with Gasteiger partial charge in [-0.2, -0.15) is 0 Å². The largest absolute Gasteiger partial charge is 0.394 e. The fourth-order valence-corrected chi connectivity index (χ4v) is 2.09. The molecule has 1 aromatic carbocycles. The van der Waals surface area contributed by atoms with Crippen LogP contribution in [0.4, 0.5) is 0 Å². The van der Waals surface area contributed by atoms with Gasteiger partial charge in [0.1, 0.15) is 0 Å². The Hall–Kier alpha value is -0.940. The molecule has 18 heavy (non-hydrogen) atoms. The summed E-state index contributed by atoms with van der Waals surface area (Å²) >= 11 is 0. The normalized spacial score (nSPS) is 15.9. The van der Waals surface area contributed by atoms with Crippen LogP contribution >= 0.6 is 0 Å². The Morgan fingerprint density at radius 1 is 1.06 bits per heavy atom.